The van der Waals surface area contributed by atoms with Gasteiger partial charge >= 0.3 is 0 Å². The van der Waals surface area contributed by atoms with Crippen LogP contribution in [0.2, 0.25) is 0 Å². The molecule has 0 spiro atoms. The monoisotopic (exact) mass is 496 g/mol. The molecule has 9 heteroatoms. The number of hydrogen-bond acceptors (Lipinski definition) is 8. The van der Waals surface area contributed by atoms with Gasteiger partial charge in [0.15, 0.2) is 16.7 Å². The molecule has 0 radical (unpaired) electrons. The fourth-order valence-corrected chi connectivity index (χ4v) is 5.56. The van der Waals surface area contributed by atoms with E-state index < -0.39 is 0 Å². The standard InChI is InChI=1S/C26H32N4O4S/c1-18-7-4-5-8-20(18)16-35-26-28-27-24(30(26)14-21-9-6-10-32-21)15-29(2)13-19-11-22(31-3)25-23(12-19)33-17-34-25/h4-5,7-8,11-12,21H,6,9-10,13-17H2,1-3H3/t21-/m0/s1. The van der Waals surface area contributed by atoms with E-state index in [4.69, 9.17) is 18.9 Å². The molecule has 2 aliphatic rings. The first-order chi connectivity index (χ1) is 17.1. The fourth-order valence-electron chi connectivity index (χ4n) is 4.52. The third kappa shape index (κ3) is 5.58. The molecule has 186 valence electrons. The van der Waals surface area contributed by atoms with Gasteiger partial charge in [0.05, 0.1) is 26.3 Å². The molecule has 0 unspecified atom stereocenters. The number of rotatable bonds is 10. The average Bonchev–Trinajstić information content (AvgIpc) is 3.61. The first kappa shape index (κ1) is 24.0. The van der Waals surface area contributed by atoms with Crippen LogP contribution in [-0.2, 0) is 30.1 Å². The van der Waals surface area contributed by atoms with Crippen molar-refractivity contribution in [1.82, 2.24) is 19.7 Å². The van der Waals surface area contributed by atoms with E-state index >= 15 is 0 Å². The van der Waals surface area contributed by atoms with Crippen LogP contribution in [0.3, 0.4) is 0 Å². The van der Waals surface area contributed by atoms with Crippen LogP contribution >= 0.6 is 11.8 Å². The van der Waals surface area contributed by atoms with Gasteiger partial charge in [0.1, 0.15) is 5.82 Å². The summed E-state index contributed by atoms with van der Waals surface area (Å²) in [6.07, 6.45) is 2.40. The van der Waals surface area contributed by atoms with Crippen molar-refractivity contribution in [2.24, 2.45) is 0 Å². The molecule has 35 heavy (non-hydrogen) atoms. The molecule has 0 bridgehead atoms. The Labute approximate surface area is 210 Å². The number of fused-ring (bicyclic) bond motifs is 1. The minimum atomic E-state index is 0.214. The van der Waals surface area contributed by atoms with Crippen LogP contribution in [0.4, 0.5) is 0 Å². The molecule has 0 aliphatic carbocycles. The second-order valence-corrected chi connectivity index (χ2v) is 10.0. The van der Waals surface area contributed by atoms with Gasteiger partial charge in [-0.05, 0) is 55.6 Å². The summed E-state index contributed by atoms with van der Waals surface area (Å²) in [6, 6.07) is 12.5. The molecule has 1 aromatic heterocycles. The van der Waals surface area contributed by atoms with Gasteiger partial charge in [-0.25, -0.2) is 0 Å². The zero-order chi connectivity index (χ0) is 24.2. The number of hydrogen-bond donors (Lipinski definition) is 0. The van der Waals surface area contributed by atoms with E-state index in [1.54, 1.807) is 18.9 Å². The lowest BCUT2D eigenvalue weighted by Gasteiger charge is -2.19. The Kier molecular flexibility index (Phi) is 7.46. The van der Waals surface area contributed by atoms with Crippen molar-refractivity contribution in [2.45, 2.75) is 56.4 Å². The van der Waals surface area contributed by atoms with Crippen LogP contribution in [0.15, 0.2) is 41.6 Å². The molecule has 1 fully saturated rings. The number of aryl methyl sites for hydroxylation is 1. The molecule has 1 atom stereocenters. The van der Waals surface area contributed by atoms with Gasteiger partial charge in [0.2, 0.25) is 12.5 Å². The summed E-state index contributed by atoms with van der Waals surface area (Å²) < 4.78 is 24.8. The Morgan fingerprint density at radius 1 is 1.17 bits per heavy atom. The van der Waals surface area contributed by atoms with Crippen molar-refractivity contribution in [3.8, 4) is 17.2 Å². The smallest absolute Gasteiger partial charge is 0.231 e. The van der Waals surface area contributed by atoms with Gasteiger partial charge in [0, 0.05) is 18.9 Å². The summed E-state index contributed by atoms with van der Waals surface area (Å²) >= 11 is 1.74. The molecule has 0 N–H and O–H groups in total. The molecule has 2 aliphatic heterocycles. The largest absolute Gasteiger partial charge is 0.493 e. The number of benzene rings is 2. The van der Waals surface area contributed by atoms with Crippen molar-refractivity contribution in [3.05, 3.63) is 58.9 Å². The van der Waals surface area contributed by atoms with Crippen molar-refractivity contribution < 1.29 is 18.9 Å². The summed E-state index contributed by atoms with van der Waals surface area (Å²) in [4.78, 5) is 2.22. The third-order valence-corrected chi connectivity index (χ3v) is 7.42. The summed E-state index contributed by atoms with van der Waals surface area (Å²) in [5, 5.41) is 10.1. The molecule has 2 aromatic carbocycles. The van der Waals surface area contributed by atoms with Crippen LogP contribution in [0.1, 0.15) is 35.4 Å². The molecule has 0 saturated carbocycles. The number of ether oxygens (including phenoxy) is 4. The Morgan fingerprint density at radius 3 is 2.86 bits per heavy atom. The summed E-state index contributed by atoms with van der Waals surface area (Å²) in [5.41, 5.74) is 3.71. The maximum Gasteiger partial charge on any atom is 0.231 e. The second-order valence-electron chi connectivity index (χ2n) is 9.06. The van der Waals surface area contributed by atoms with Gasteiger partial charge in [-0.2, -0.15) is 0 Å². The average molecular weight is 497 g/mol. The molecular weight excluding hydrogens is 464 g/mol. The van der Waals surface area contributed by atoms with Gasteiger partial charge in [-0.3, -0.25) is 4.90 Å². The highest BCUT2D eigenvalue weighted by Gasteiger charge is 2.23. The molecule has 1 saturated heterocycles. The fraction of sp³-hybridized carbons (Fsp3) is 0.462. The van der Waals surface area contributed by atoms with Gasteiger partial charge in [0.25, 0.3) is 0 Å². The number of aromatic nitrogens is 3. The normalized spacial score (nSPS) is 16.9. The van der Waals surface area contributed by atoms with Gasteiger partial charge in [-0.1, -0.05) is 36.0 Å². The quantitative estimate of drug-likeness (QED) is 0.382. The number of methoxy groups -OCH3 is 1. The Morgan fingerprint density at radius 2 is 2.06 bits per heavy atom. The lowest BCUT2D eigenvalue weighted by atomic mass is 10.1. The Balaban J connectivity index is 1.31. The first-order valence-electron chi connectivity index (χ1n) is 12.0. The van der Waals surface area contributed by atoms with E-state index in [-0.39, 0.29) is 12.9 Å². The Hall–Kier alpha value is -2.75. The van der Waals surface area contributed by atoms with E-state index in [1.807, 2.05) is 12.1 Å². The highest BCUT2D eigenvalue weighted by atomic mass is 32.2. The highest BCUT2D eigenvalue weighted by molar-refractivity contribution is 7.98. The zero-order valence-corrected chi connectivity index (χ0v) is 21.3. The third-order valence-electron chi connectivity index (χ3n) is 6.40. The van der Waals surface area contributed by atoms with E-state index in [9.17, 15) is 0 Å². The zero-order valence-electron chi connectivity index (χ0n) is 20.5. The molecule has 5 rings (SSSR count). The minimum absolute atomic E-state index is 0.214. The predicted octanol–water partition coefficient (Wildman–Crippen LogP) is 4.43. The molecule has 0 amide bonds. The van der Waals surface area contributed by atoms with Crippen molar-refractivity contribution in [1.29, 1.82) is 0 Å². The van der Waals surface area contributed by atoms with Crippen molar-refractivity contribution in [2.75, 3.05) is 27.6 Å². The van der Waals surface area contributed by atoms with Gasteiger partial charge in [-0.15, -0.1) is 10.2 Å². The van der Waals surface area contributed by atoms with Crippen LogP contribution < -0.4 is 14.2 Å². The van der Waals surface area contributed by atoms with E-state index in [0.717, 1.165) is 54.0 Å². The SMILES string of the molecule is COc1cc(CN(C)Cc2nnc(SCc3ccccc3C)n2C[C@@H]2CCCO2)cc2c1OCO2. The lowest BCUT2D eigenvalue weighted by Crippen LogP contribution is -2.23. The van der Waals surface area contributed by atoms with E-state index in [1.165, 1.54) is 11.1 Å². The maximum atomic E-state index is 5.95. The summed E-state index contributed by atoms with van der Waals surface area (Å²) in [6.45, 7) is 5.37. The highest BCUT2D eigenvalue weighted by Crippen LogP contribution is 2.42. The van der Waals surface area contributed by atoms with Crippen LogP contribution in [0.5, 0.6) is 17.2 Å². The van der Waals surface area contributed by atoms with Crippen LogP contribution in [0, 0.1) is 6.92 Å². The lowest BCUT2D eigenvalue weighted by molar-refractivity contribution is 0.0934. The summed E-state index contributed by atoms with van der Waals surface area (Å²) in [5.74, 6) is 3.90. The Bertz CT molecular complexity index is 1160. The number of nitrogens with zero attached hydrogens (tertiary/aromatic N) is 4. The number of thioether (sulfide) groups is 1. The molecule has 3 heterocycles. The minimum Gasteiger partial charge on any atom is -0.493 e. The topological polar surface area (TPSA) is 70.9 Å². The van der Waals surface area contributed by atoms with Crippen molar-refractivity contribution in [3.63, 3.8) is 0 Å². The molecule has 8 nitrogen and oxygen atoms in total. The van der Waals surface area contributed by atoms with Gasteiger partial charge < -0.3 is 23.5 Å². The maximum absolute atomic E-state index is 5.95. The van der Waals surface area contributed by atoms with Crippen molar-refractivity contribution >= 4 is 11.8 Å². The van der Waals surface area contributed by atoms with E-state index in [2.05, 4.69) is 57.9 Å². The van der Waals surface area contributed by atoms with E-state index in [0.29, 0.717) is 24.6 Å². The summed E-state index contributed by atoms with van der Waals surface area (Å²) in [7, 11) is 3.73. The van der Waals surface area contributed by atoms with Crippen LogP contribution in [-0.4, -0.2) is 53.3 Å². The first-order valence-corrected chi connectivity index (χ1v) is 13.0. The predicted molar refractivity (Wildman–Crippen MR) is 134 cm³/mol. The van der Waals surface area contributed by atoms with Crippen LogP contribution in [0.25, 0.3) is 0 Å². The molecule has 3 aromatic rings. The molecular formula is C26H32N4O4S. The second kappa shape index (κ2) is 10.9.